The van der Waals surface area contributed by atoms with Crippen LogP contribution in [-0.2, 0) is 9.59 Å². The van der Waals surface area contributed by atoms with E-state index in [-0.39, 0.29) is 17.4 Å². The van der Waals surface area contributed by atoms with Crippen molar-refractivity contribution < 1.29 is 14.7 Å². The van der Waals surface area contributed by atoms with Crippen LogP contribution >= 0.6 is 0 Å². The molecule has 1 saturated heterocycles. The molecule has 2 aliphatic rings. The molecule has 1 saturated carbocycles. The predicted octanol–water partition coefficient (Wildman–Crippen LogP) is 0.568. The largest absolute Gasteiger partial charge is 0.392 e. The molecule has 0 aromatic heterocycles. The van der Waals surface area contributed by atoms with E-state index in [0.29, 0.717) is 13.0 Å². The maximum atomic E-state index is 11.9. The van der Waals surface area contributed by atoms with E-state index in [1.165, 1.54) is 0 Å². The van der Waals surface area contributed by atoms with Gasteiger partial charge in [-0.1, -0.05) is 13.8 Å². The van der Waals surface area contributed by atoms with Gasteiger partial charge in [0.1, 0.15) is 5.92 Å². The van der Waals surface area contributed by atoms with Crippen LogP contribution in [0, 0.1) is 5.92 Å². The minimum Gasteiger partial charge on any atom is -0.392 e. The highest BCUT2D eigenvalue weighted by atomic mass is 16.3. The van der Waals surface area contributed by atoms with Gasteiger partial charge in [0.05, 0.1) is 6.10 Å². The van der Waals surface area contributed by atoms with E-state index in [1.54, 1.807) is 0 Å². The van der Waals surface area contributed by atoms with Crippen LogP contribution < -0.4 is 10.6 Å². The molecule has 5 nitrogen and oxygen atoms in total. The normalized spacial score (nSPS) is 29.2. The van der Waals surface area contributed by atoms with Crippen molar-refractivity contribution in [1.29, 1.82) is 0 Å². The van der Waals surface area contributed by atoms with Crippen molar-refractivity contribution in [2.24, 2.45) is 5.92 Å². The lowest BCUT2D eigenvalue weighted by molar-refractivity contribution is -0.144. The number of aliphatic hydroxyl groups excluding tert-OH is 1. The van der Waals surface area contributed by atoms with E-state index in [9.17, 15) is 14.7 Å². The van der Waals surface area contributed by atoms with Crippen molar-refractivity contribution in [1.82, 2.24) is 10.6 Å². The molecule has 0 bridgehead atoms. The Bertz CT molecular complexity index is 313. The molecule has 5 heteroatoms. The Morgan fingerprint density at radius 2 is 2.06 bits per heavy atom. The second kappa shape index (κ2) is 6.18. The zero-order chi connectivity index (χ0) is 13.8. The van der Waals surface area contributed by atoms with Crippen LogP contribution in [0.15, 0.2) is 0 Å². The van der Waals surface area contributed by atoms with Crippen LogP contribution in [0.2, 0.25) is 0 Å². The van der Waals surface area contributed by atoms with Gasteiger partial charge in [0.15, 0.2) is 0 Å². The summed E-state index contributed by atoms with van der Waals surface area (Å²) in [6.07, 6.45) is 2.60. The van der Waals surface area contributed by atoms with E-state index < -0.39 is 12.0 Å². The lowest BCUT2D eigenvalue weighted by atomic mass is 9.78. The highest BCUT2D eigenvalue weighted by molar-refractivity contribution is 6.01. The third-order valence-corrected chi connectivity index (χ3v) is 3.57. The SMILES string of the molecule is CC.CC1(NC(=O)C2C(=O)NCCC2O)CCC1. The van der Waals surface area contributed by atoms with E-state index in [4.69, 9.17) is 0 Å². The second-order valence-electron chi connectivity index (χ2n) is 5.03. The number of rotatable bonds is 2. The first-order valence-electron chi connectivity index (χ1n) is 6.80. The molecule has 2 atom stereocenters. The van der Waals surface area contributed by atoms with Crippen molar-refractivity contribution in [3.8, 4) is 0 Å². The number of piperidine rings is 1. The smallest absolute Gasteiger partial charge is 0.235 e. The maximum Gasteiger partial charge on any atom is 0.235 e. The first-order valence-corrected chi connectivity index (χ1v) is 6.80. The number of aliphatic hydroxyl groups is 1. The topological polar surface area (TPSA) is 78.4 Å². The van der Waals surface area contributed by atoms with Crippen molar-refractivity contribution in [2.45, 2.75) is 58.1 Å². The molecule has 2 amide bonds. The standard InChI is InChI=1S/C11H18N2O3.C2H6/c1-11(4-2-5-11)13-10(16)8-7(14)3-6-12-9(8)15;1-2/h7-8,14H,2-6H2,1H3,(H,12,15)(H,13,16);1-2H3. The zero-order valence-electron chi connectivity index (χ0n) is 11.5. The fourth-order valence-corrected chi connectivity index (χ4v) is 2.30. The maximum absolute atomic E-state index is 11.9. The molecule has 2 rings (SSSR count). The molecule has 1 heterocycles. The molecule has 0 aromatic rings. The summed E-state index contributed by atoms with van der Waals surface area (Å²) in [5.74, 6) is -1.64. The van der Waals surface area contributed by atoms with Gasteiger partial charge in [-0.3, -0.25) is 9.59 Å². The fraction of sp³-hybridized carbons (Fsp3) is 0.846. The number of hydrogen-bond acceptors (Lipinski definition) is 3. The first-order chi connectivity index (χ1) is 8.52. The molecule has 0 spiro atoms. The lowest BCUT2D eigenvalue weighted by Gasteiger charge is -2.40. The summed E-state index contributed by atoms with van der Waals surface area (Å²) in [7, 11) is 0. The molecule has 0 radical (unpaired) electrons. The van der Waals surface area contributed by atoms with E-state index in [1.807, 2.05) is 20.8 Å². The molecule has 1 aliphatic carbocycles. The fourth-order valence-electron chi connectivity index (χ4n) is 2.30. The summed E-state index contributed by atoms with van der Waals surface area (Å²) in [4.78, 5) is 23.4. The molecule has 0 aromatic carbocycles. The van der Waals surface area contributed by atoms with Crippen LogP contribution in [0.5, 0.6) is 0 Å². The molecule has 104 valence electrons. The summed E-state index contributed by atoms with van der Waals surface area (Å²) >= 11 is 0. The Hall–Kier alpha value is -1.10. The van der Waals surface area contributed by atoms with Gasteiger partial charge in [0.25, 0.3) is 0 Å². The molecular formula is C13H24N2O3. The number of carbonyl (C=O) groups is 2. The Kier molecular flexibility index (Phi) is 5.14. The van der Waals surface area contributed by atoms with Gasteiger partial charge in [-0.25, -0.2) is 0 Å². The van der Waals surface area contributed by atoms with Crippen molar-refractivity contribution in [3.63, 3.8) is 0 Å². The Labute approximate surface area is 108 Å². The van der Waals surface area contributed by atoms with Crippen molar-refractivity contribution >= 4 is 11.8 Å². The van der Waals surface area contributed by atoms with Gasteiger partial charge in [0, 0.05) is 12.1 Å². The minimum atomic E-state index is -0.939. The lowest BCUT2D eigenvalue weighted by Crippen LogP contribution is -2.58. The molecular weight excluding hydrogens is 232 g/mol. The third kappa shape index (κ3) is 3.22. The summed E-state index contributed by atoms with van der Waals surface area (Å²) < 4.78 is 0. The molecule has 2 fully saturated rings. The number of carbonyl (C=O) groups excluding carboxylic acids is 2. The summed E-state index contributed by atoms with van der Waals surface area (Å²) in [6.45, 7) is 6.42. The monoisotopic (exact) mass is 256 g/mol. The van der Waals surface area contributed by atoms with Crippen LogP contribution in [0.25, 0.3) is 0 Å². The number of hydrogen-bond donors (Lipinski definition) is 3. The second-order valence-corrected chi connectivity index (χ2v) is 5.03. The van der Waals surface area contributed by atoms with E-state index in [0.717, 1.165) is 19.3 Å². The quantitative estimate of drug-likeness (QED) is 0.632. The summed E-state index contributed by atoms with van der Waals surface area (Å²) in [5.41, 5.74) is -0.172. The summed E-state index contributed by atoms with van der Waals surface area (Å²) in [5, 5.41) is 15.1. The van der Waals surface area contributed by atoms with Gasteiger partial charge in [-0.15, -0.1) is 0 Å². The predicted molar refractivity (Wildman–Crippen MR) is 68.9 cm³/mol. The average molecular weight is 256 g/mol. The Morgan fingerprint density at radius 1 is 1.44 bits per heavy atom. The number of nitrogens with one attached hydrogen (secondary N) is 2. The van der Waals surface area contributed by atoms with E-state index >= 15 is 0 Å². The van der Waals surface area contributed by atoms with Gasteiger partial charge >= 0.3 is 0 Å². The molecule has 18 heavy (non-hydrogen) atoms. The summed E-state index contributed by atoms with van der Waals surface area (Å²) in [6, 6.07) is 0. The van der Waals surface area contributed by atoms with Gasteiger partial charge in [-0.2, -0.15) is 0 Å². The van der Waals surface area contributed by atoms with Crippen molar-refractivity contribution in [3.05, 3.63) is 0 Å². The van der Waals surface area contributed by atoms with Crippen LogP contribution in [0.3, 0.4) is 0 Å². The molecule has 2 unspecified atom stereocenters. The van der Waals surface area contributed by atoms with Crippen LogP contribution in [-0.4, -0.2) is 35.1 Å². The first kappa shape index (κ1) is 15.0. The highest BCUT2D eigenvalue weighted by Crippen LogP contribution is 2.31. The van der Waals surface area contributed by atoms with Crippen molar-refractivity contribution in [2.75, 3.05) is 6.54 Å². The number of amides is 2. The van der Waals surface area contributed by atoms with Gasteiger partial charge in [-0.05, 0) is 32.6 Å². The Balaban J connectivity index is 0.000000771. The highest BCUT2D eigenvalue weighted by Gasteiger charge is 2.41. The van der Waals surface area contributed by atoms with Gasteiger partial charge in [0.2, 0.25) is 11.8 Å². The third-order valence-electron chi connectivity index (χ3n) is 3.57. The van der Waals surface area contributed by atoms with Crippen LogP contribution in [0.4, 0.5) is 0 Å². The minimum absolute atomic E-state index is 0.172. The Morgan fingerprint density at radius 3 is 2.50 bits per heavy atom. The van der Waals surface area contributed by atoms with Crippen LogP contribution in [0.1, 0.15) is 46.5 Å². The van der Waals surface area contributed by atoms with Gasteiger partial charge < -0.3 is 15.7 Å². The zero-order valence-corrected chi connectivity index (χ0v) is 11.5. The molecule has 1 aliphatic heterocycles. The van der Waals surface area contributed by atoms with E-state index in [2.05, 4.69) is 10.6 Å². The molecule has 3 N–H and O–H groups in total. The average Bonchev–Trinajstić information content (AvgIpc) is 2.29.